The largest absolute Gasteiger partial charge is 0.486 e. The molecule has 5 nitrogen and oxygen atoms in total. The number of nitrogens with one attached hydrogen (secondary N) is 2. The second-order valence-electron chi connectivity index (χ2n) is 7.06. The molecule has 25 heavy (non-hydrogen) atoms. The maximum absolute atomic E-state index is 12.6. The Morgan fingerprint density at radius 3 is 2.88 bits per heavy atom. The Bertz CT molecular complexity index is 614. The molecule has 7 heteroatoms. The standard InChI is InChI=1S/C18H24N2O3.2H2S/c1-11-7-12-9-19-15(14(12)8-11)10-20-18(21)13-3-2-4-16-17(13)23-6-5-22-16;;/h2-4,11-12,14-15,19H,5-10H2,1H3,(H,20,21);2*1H2/t11?,12-,14-,15+;;/m0../s1. The number of fused-ring (bicyclic) bond motifs is 2. The van der Waals surface area contributed by atoms with Crippen molar-refractivity contribution in [3.8, 4) is 11.5 Å². The van der Waals surface area contributed by atoms with Crippen molar-refractivity contribution in [3.05, 3.63) is 23.8 Å². The summed E-state index contributed by atoms with van der Waals surface area (Å²) in [5, 5.41) is 6.66. The highest BCUT2D eigenvalue weighted by molar-refractivity contribution is 7.59. The van der Waals surface area contributed by atoms with Gasteiger partial charge >= 0.3 is 0 Å². The first-order valence-corrected chi connectivity index (χ1v) is 8.62. The summed E-state index contributed by atoms with van der Waals surface area (Å²) < 4.78 is 11.2. The third-order valence-electron chi connectivity index (χ3n) is 5.44. The van der Waals surface area contributed by atoms with Crippen molar-refractivity contribution in [1.29, 1.82) is 0 Å². The third kappa shape index (κ3) is 4.04. The van der Waals surface area contributed by atoms with Crippen molar-refractivity contribution in [2.24, 2.45) is 17.8 Å². The Hall–Kier alpha value is -1.05. The molecule has 1 aromatic rings. The summed E-state index contributed by atoms with van der Waals surface area (Å²) >= 11 is 0. The Morgan fingerprint density at radius 1 is 1.24 bits per heavy atom. The highest BCUT2D eigenvalue weighted by Crippen LogP contribution is 2.41. The molecular weight excluding hydrogens is 356 g/mol. The molecule has 1 unspecified atom stereocenters. The van der Waals surface area contributed by atoms with Gasteiger partial charge in [0.05, 0.1) is 5.56 Å². The van der Waals surface area contributed by atoms with E-state index < -0.39 is 0 Å². The molecule has 1 aromatic carbocycles. The summed E-state index contributed by atoms with van der Waals surface area (Å²) in [5.74, 6) is 3.46. The fourth-order valence-corrected chi connectivity index (χ4v) is 4.40. The first-order chi connectivity index (χ1) is 11.2. The lowest BCUT2D eigenvalue weighted by Gasteiger charge is -2.22. The average Bonchev–Trinajstić information content (AvgIpc) is 3.11. The number of carbonyl (C=O) groups excluding carboxylic acids is 1. The van der Waals surface area contributed by atoms with E-state index in [2.05, 4.69) is 17.6 Å². The molecule has 4 atom stereocenters. The smallest absolute Gasteiger partial charge is 0.255 e. The number of benzene rings is 1. The van der Waals surface area contributed by atoms with Gasteiger partial charge in [0.2, 0.25) is 0 Å². The summed E-state index contributed by atoms with van der Waals surface area (Å²) in [6, 6.07) is 5.87. The molecule has 2 heterocycles. The van der Waals surface area contributed by atoms with E-state index in [0.717, 1.165) is 18.4 Å². The van der Waals surface area contributed by atoms with Gasteiger partial charge in [-0.05, 0) is 49.3 Å². The molecular formula is C18H28N2O3S2. The van der Waals surface area contributed by atoms with Gasteiger partial charge in [-0.15, -0.1) is 0 Å². The van der Waals surface area contributed by atoms with Crippen LogP contribution in [0.2, 0.25) is 0 Å². The number of para-hydroxylation sites is 1. The molecule has 3 aliphatic rings. The van der Waals surface area contributed by atoms with Gasteiger partial charge in [-0.3, -0.25) is 4.79 Å². The topological polar surface area (TPSA) is 59.6 Å². The number of rotatable bonds is 3. The van der Waals surface area contributed by atoms with Crippen LogP contribution in [0.4, 0.5) is 0 Å². The number of ether oxygens (including phenoxy) is 2. The minimum absolute atomic E-state index is 0. The van der Waals surface area contributed by atoms with Gasteiger partial charge in [-0.25, -0.2) is 0 Å². The second-order valence-corrected chi connectivity index (χ2v) is 7.06. The van der Waals surface area contributed by atoms with Crippen LogP contribution in [-0.4, -0.2) is 38.3 Å². The van der Waals surface area contributed by atoms with E-state index in [1.165, 1.54) is 12.8 Å². The molecule has 2 N–H and O–H groups in total. The van der Waals surface area contributed by atoms with Gasteiger partial charge in [-0.2, -0.15) is 27.0 Å². The Kier molecular flexibility index (Phi) is 6.93. The van der Waals surface area contributed by atoms with Crippen LogP contribution < -0.4 is 20.1 Å². The number of carbonyl (C=O) groups is 1. The average molecular weight is 385 g/mol. The monoisotopic (exact) mass is 384 g/mol. The van der Waals surface area contributed by atoms with E-state index in [0.29, 0.717) is 48.8 Å². The van der Waals surface area contributed by atoms with E-state index in [4.69, 9.17) is 9.47 Å². The Labute approximate surface area is 163 Å². The second kappa shape index (κ2) is 8.56. The van der Waals surface area contributed by atoms with E-state index in [9.17, 15) is 4.79 Å². The normalized spacial score (nSPS) is 29.2. The lowest BCUT2D eigenvalue weighted by molar-refractivity contribution is 0.0936. The van der Waals surface area contributed by atoms with Crippen molar-refractivity contribution in [2.75, 3.05) is 26.3 Å². The van der Waals surface area contributed by atoms with Crippen molar-refractivity contribution in [1.82, 2.24) is 10.6 Å². The molecule has 2 fully saturated rings. The summed E-state index contributed by atoms with van der Waals surface area (Å²) in [6.45, 7) is 5.13. The molecule has 0 spiro atoms. The summed E-state index contributed by atoms with van der Waals surface area (Å²) in [6.07, 6.45) is 2.59. The van der Waals surface area contributed by atoms with Crippen LogP contribution in [0.25, 0.3) is 0 Å². The molecule has 1 saturated heterocycles. The van der Waals surface area contributed by atoms with Crippen molar-refractivity contribution < 1.29 is 14.3 Å². The number of hydrogen-bond acceptors (Lipinski definition) is 4. The van der Waals surface area contributed by atoms with E-state index in [-0.39, 0.29) is 32.9 Å². The zero-order chi connectivity index (χ0) is 15.8. The van der Waals surface area contributed by atoms with Gasteiger partial charge in [0.15, 0.2) is 11.5 Å². The Balaban J connectivity index is 0.00000113. The highest BCUT2D eigenvalue weighted by atomic mass is 32.1. The molecule has 0 aromatic heterocycles. The maximum atomic E-state index is 12.6. The molecule has 0 bridgehead atoms. The maximum Gasteiger partial charge on any atom is 0.255 e. The minimum Gasteiger partial charge on any atom is -0.486 e. The fraction of sp³-hybridized carbons (Fsp3) is 0.611. The zero-order valence-corrected chi connectivity index (χ0v) is 16.5. The van der Waals surface area contributed by atoms with Gasteiger partial charge in [0.25, 0.3) is 5.91 Å². The molecule has 1 saturated carbocycles. The summed E-state index contributed by atoms with van der Waals surface area (Å²) in [5.41, 5.74) is 0.566. The van der Waals surface area contributed by atoms with Crippen molar-refractivity contribution >= 4 is 32.9 Å². The first-order valence-electron chi connectivity index (χ1n) is 8.62. The van der Waals surface area contributed by atoms with Crippen molar-refractivity contribution in [3.63, 3.8) is 0 Å². The minimum atomic E-state index is -0.0800. The van der Waals surface area contributed by atoms with Crippen LogP contribution in [0.15, 0.2) is 18.2 Å². The molecule has 0 radical (unpaired) electrons. The van der Waals surface area contributed by atoms with Crippen LogP contribution in [0.1, 0.15) is 30.1 Å². The number of hydrogen-bond donors (Lipinski definition) is 2. The SMILES string of the molecule is CC1C[C@H]2CN[C@H](CNC(=O)c3cccc4c3OCCO4)[C@H]2C1.S.S. The molecule has 140 valence electrons. The van der Waals surface area contributed by atoms with E-state index in [1.807, 2.05) is 12.1 Å². The lowest BCUT2D eigenvalue weighted by atomic mass is 9.94. The van der Waals surface area contributed by atoms with Gasteiger partial charge in [0.1, 0.15) is 13.2 Å². The van der Waals surface area contributed by atoms with Crippen LogP contribution in [0.5, 0.6) is 11.5 Å². The number of amides is 1. The van der Waals surface area contributed by atoms with Crippen molar-refractivity contribution in [2.45, 2.75) is 25.8 Å². The fourth-order valence-electron chi connectivity index (χ4n) is 4.40. The predicted molar refractivity (Wildman–Crippen MR) is 108 cm³/mol. The predicted octanol–water partition coefficient (Wildman–Crippen LogP) is 2.05. The van der Waals surface area contributed by atoms with E-state index >= 15 is 0 Å². The van der Waals surface area contributed by atoms with Crippen LogP contribution in [0.3, 0.4) is 0 Å². The summed E-state index contributed by atoms with van der Waals surface area (Å²) in [7, 11) is 0. The van der Waals surface area contributed by atoms with Gasteiger partial charge in [0, 0.05) is 12.6 Å². The molecule has 2 aliphatic heterocycles. The molecule has 4 rings (SSSR count). The first kappa shape index (κ1) is 20.3. The third-order valence-corrected chi connectivity index (χ3v) is 5.44. The quantitative estimate of drug-likeness (QED) is 0.837. The van der Waals surface area contributed by atoms with E-state index in [1.54, 1.807) is 6.07 Å². The highest BCUT2D eigenvalue weighted by Gasteiger charge is 2.41. The summed E-state index contributed by atoms with van der Waals surface area (Å²) in [4.78, 5) is 12.6. The van der Waals surface area contributed by atoms with Crippen LogP contribution in [0, 0.1) is 17.8 Å². The van der Waals surface area contributed by atoms with Gasteiger partial charge in [-0.1, -0.05) is 13.0 Å². The van der Waals surface area contributed by atoms with Crippen LogP contribution >= 0.6 is 27.0 Å². The van der Waals surface area contributed by atoms with Gasteiger partial charge < -0.3 is 20.1 Å². The molecule has 1 amide bonds. The molecule has 1 aliphatic carbocycles. The zero-order valence-electron chi connectivity index (χ0n) is 14.5. The lowest BCUT2D eigenvalue weighted by Crippen LogP contribution is -2.40. The van der Waals surface area contributed by atoms with Crippen LogP contribution in [-0.2, 0) is 0 Å². The Morgan fingerprint density at radius 2 is 2.04 bits per heavy atom.